The van der Waals surface area contributed by atoms with Crippen LogP contribution in [0, 0.1) is 11.8 Å². The first-order valence-corrected chi connectivity index (χ1v) is 11.5. The molecule has 0 radical (unpaired) electrons. The molecule has 3 heteroatoms. The summed E-state index contributed by atoms with van der Waals surface area (Å²) < 4.78 is 20.2. The lowest BCUT2D eigenvalue weighted by atomic mass is 9.91. The summed E-state index contributed by atoms with van der Waals surface area (Å²) in [6, 6.07) is 30.5. The standard InChI is InChI=1S/C24H25O2P/c25-27(23-12-6-2-7-13-23,24-14-8-3-9-15-24)19-22-18-26-17-21(22)16-20-10-4-1-5-11-20/h1-15,21-22H,16-19H2. The quantitative estimate of drug-likeness (QED) is 0.592. The van der Waals surface area contributed by atoms with E-state index in [2.05, 4.69) is 24.3 Å². The third kappa shape index (κ3) is 4.08. The van der Waals surface area contributed by atoms with Crippen molar-refractivity contribution in [3.63, 3.8) is 0 Å². The van der Waals surface area contributed by atoms with Gasteiger partial charge in [-0.3, -0.25) is 0 Å². The van der Waals surface area contributed by atoms with Crippen molar-refractivity contribution in [2.24, 2.45) is 11.8 Å². The largest absolute Gasteiger partial charge is 0.381 e. The molecule has 27 heavy (non-hydrogen) atoms. The van der Waals surface area contributed by atoms with Gasteiger partial charge in [0.2, 0.25) is 0 Å². The molecule has 3 aromatic carbocycles. The minimum absolute atomic E-state index is 0.302. The van der Waals surface area contributed by atoms with E-state index in [1.165, 1.54) is 5.56 Å². The molecule has 1 fully saturated rings. The fourth-order valence-corrected chi connectivity index (χ4v) is 7.11. The summed E-state index contributed by atoms with van der Waals surface area (Å²) in [7, 11) is -2.70. The second kappa shape index (κ2) is 8.25. The molecule has 3 aromatic rings. The van der Waals surface area contributed by atoms with E-state index in [-0.39, 0.29) is 0 Å². The van der Waals surface area contributed by atoms with Gasteiger partial charge in [0, 0.05) is 16.8 Å². The third-order valence-electron chi connectivity index (χ3n) is 5.51. The number of ether oxygens (including phenoxy) is 1. The molecule has 1 heterocycles. The Labute approximate surface area is 161 Å². The molecule has 2 unspecified atom stereocenters. The van der Waals surface area contributed by atoms with Gasteiger partial charge in [0.05, 0.1) is 13.2 Å². The van der Waals surface area contributed by atoms with Crippen molar-refractivity contribution >= 4 is 17.8 Å². The van der Waals surface area contributed by atoms with Crippen molar-refractivity contribution in [1.29, 1.82) is 0 Å². The van der Waals surface area contributed by atoms with Crippen molar-refractivity contribution in [3.05, 3.63) is 96.6 Å². The van der Waals surface area contributed by atoms with Crippen LogP contribution in [0.25, 0.3) is 0 Å². The Hall–Kier alpha value is -2.15. The molecule has 0 aliphatic carbocycles. The first kappa shape index (κ1) is 18.2. The molecule has 0 aromatic heterocycles. The first-order chi connectivity index (χ1) is 13.3. The van der Waals surface area contributed by atoms with E-state index in [4.69, 9.17) is 4.74 Å². The normalized spacial score (nSPS) is 19.9. The maximum Gasteiger partial charge on any atom is 0.143 e. The summed E-state index contributed by atoms with van der Waals surface area (Å²) in [5.74, 6) is 0.713. The molecule has 138 valence electrons. The van der Waals surface area contributed by atoms with Crippen molar-refractivity contribution in [1.82, 2.24) is 0 Å². The smallest absolute Gasteiger partial charge is 0.143 e. The summed E-state index contributed by atoms with van der Waals surface area (Å²) >= 11 is 0. The van der Waals surface area contributed by atoms with Gasteiger partial charge in [-0.25, -0.2) is 0 Å². The van der Waals surface area contributed by atoms with Gasteiger partial charge < -0.3 is 9.30 Å². The maximum absolute atomic E-state index is 14.3. The maximum atomic E-state index is 14.3. The van der Waals surface area contributed by atoms with E-state index in [0.717, 1.165) is 23.6 Å². The van der Waals surface area contributed by atoms with Crippen LogP contribution in [-0.2, 0) is 15.7 Å². The van der Waals surface area contributed by atoms with Crippen LogP contribution in [0.5, 0.6) is 0 Å². The fourth-order valence-electron chi connectivity index (χ4n) is 4.01. The average Bonchev–Trinajstić information content (AvgIpc) is 3.16. The summed E-state index contributed by atoms with van der Waals surface area (Å²) in [6.07, 6.45) is 1.65. The Morgan fingerprint density at radius 3 is 1.74 bits per heavy atom. The van der Waals surface area contributed by atoms with Gasteiger partial charge in [-0.05, 0) is 23.8 Å². The Bertz CT molecular complexity index is 850. The molecule has 0 bridgehead atoms. The monoisotopic (exact) mass is 376 g/mol. The Morgan fingerprint density at radius 2 is 1.19 bits per heavy atom. The van der Waals surface area contributed by atoms with Gasteiger partial charge in [-0.15, -0.1) is 0 Å². The summed E-state index contributed by atoms with van der Waals surface area (Å²) in [4.78, 5) is 0. The van der Waals surface area contributed by atoms with Crippen LogP contribution in [0.1, 0.15) is 5.56 Å². The number of benzene rings is 3. The van der Waals surface area contributed by atoms with Crippen LogP contribution in [0.4, 0.5) is 0 Å². The highest BCUT2D eigenvalue weighted by Crippen LogP contribution is 2.47. The second-order valence-corrected chi connectivity index (χ2v) is 10.2. The molecule has 0 amide bonds. The van der Waals surface area contributed by atoms with E-state index in [9.17, 15) is 4.57 Å². The van der Waals surface area contributed by atoms with Crippen molar-refractivity contribution in [2.75, 3.05) is 19.4 Å². The average molecular weight is 376 g/mol. The minimum atomic E-state index is -2.70. The van der Waals surface area contributed by atoms with Crippen molar-refractivity contribution < 1.29 is 9.30 Å². The molecule has 2 atom stereocenters. The molecule has 1 aliphatic heterocycles. The minimum Gasteiger partial charge on any atom is -0.381 e. The Balaban J connectivity index is 1.63. The second-order valence-electron chi connectivity index (χ2n) is 7.34. The number of hydrogen-bond donors (Lipinski definition) is 0. The highest BCUT2D eigenvalue weighted by molar-refractivity contribution is 7.78. The fraction of sp³-hybridized carbons (Fsp3) is 0.250. The van der Waals surface area contributed by atoms with Gasteiger partial charge in [-0.2, -0.15) is 0 Å². The summed E-state index contributed by atoms with van der Waals surface area (Å²) in [5.41, 5.74) is 1.33. The SMILES string of the molecule is O=P(CC1COCC1Cc1ccccc1)(c1ccccc1)c1ccccc1. The lowest BCUT2D eigenvalue weighted by molar-refractivity contribution is 0.182. The highest BCUT2D eigenvalue weighted by Gasteiger charge is 2.37. The molecule has 0 saturated carbocycles. The lowest BCUT2D eigenvalue weighted by Crippen LogP contribution is -2.26. The molecule has 1 aliphatic rings. The Morgan fingerprint density at radius 1 is 0.704 bits per heavy atom. The zero-order chi connectivity index (χ0) is 18.5. The molecule has 0 N–H and O–H groups in total. The van der Waals surface area contributed by atoms with E-state index in [1.54, 1.807) is 0 Å². The first-order valence-electron chi connectivity index (χ1n) is 9.58. The van der Waals surface area contributed by atoms with Crippen LogP contribution in [0.2, 0.25) is 0 Å². The number of hydrogen-bond acceptors (Lipinski definition) is 2. The highest BCUT2D eigenvalue weighted by atomic mass is 31.2. The number of rotatable bonds is 6. The van der Waals surface area contributed by atoms with Crippen LogP contribution in [0.15, 0.2) is 91.0 Å². The van der Waals surface area contributed by atoms with Gasteiger partial charge in [0.1, 0.15) is 7.14 Å². The molecule has 4 rings (SSSR count). The zero-order valence-electron chi connectivity index (χ0n) is 15.4. The third-order valence-corrected chi connectivity index (χ3v) is 8.76. The van der Waals surface area contributed by atoms with Gasteiger partial charge >= 0.3 is 0 Å². The van der Waals surface area contributed by atoms with Crippen molar-refractivity contribution in [3.8, 4) is 0 Å². The van der Waals surface area contributed by atoms with Crippen LogP contribution in [0.3, 0.4) is 0 Å². The molecule has 0 spiro atoms. The van der Waals surface area contributed by atoms with E-state index >= 15 is 0 Å². The zero-order valence-corrected chi connectivity index (χ0v) is 16.3. The topological polar surface area (TPSA) is 26.3 Å². The van der Waals surface area contributed by atoms with Gasteiger partial charge in [-0.1, -0.05) is 91.0 Å². The lowest BCUT2D eigenvalue weighted by Gasteiger charge is -2.25. The van der Waals surface area contributed by atoms with Crippen LogP contribution >= 0.6 is 7.14 Å². The van der Waals surface area contributed by atoms with Crippen LogP contribution < -0.4 is 10.6 Å². The molecule has 1 saturated heterocycles. The summed E-state index contributed by atoms with van der Waals surface area (Å²) in [6.45, 7) is 1.45. The van der Waals surface area contributed by atoms with E-state index in [0.29, 0.717) is 24.6 Å². The van der Waals surface area contributed by atoms with E-state index in [1.807, 2.05) is 66.7 Å². The Kier molecular flexibility index (Phi) is 5.57. The summed E-state index contributed by atoms with van der Waals surface area (Å²) in [5, 5.41) is 1.89. The van der Waals surface area contributed by atoms with E-state index < -0.39 is 7.14 Å². The molecular weight excluding hydrogens is 351 g/mol. The van der Waals surface area contributed by atoms with Gasteiger partial charge in [0.15, 0.2) is 0 Å². The van der Waals surface area contributed by atoms with Crippen molar-refractivity contribution in [2.45, 2.75) is 6.42 Å². The van der Waals surface area contributed by atoms with Crippen LogP contribution in [-0.4, -0.2) is 19.4 Å². The molecule has 2 nitrogen and oxygen atoms in total. The van der Waals surface area contributed by atoms with Gasteiger partial charge in [0.25, 0.3) is 0 Å². The predicted octanol–water partition coefficient (Wildman–Crippen LogP) is 4.51. The molecular formula is C24H25O2P. The predicted molar refractivity (Wildman–Crippen MR) is 113 cm³/mol.